The van der Waals surface area contributed by atoms with Crippen LogP contribution in [0.3, 0.4) is 0 Å². The van der Waals surface area contributed by atoms with E-state index < -0.39 is 17.8 Å². The number of aliphatic hydroxyl groups excluding tert-OH is 1. The van der Waals surface area contributed by atoms with Gasteiger partial charge in [-0.3, -0.25) is 4.90 Å². The van der Waals surface area contributed by atoms with Crippen LogP contribution in [0.2, 0.25) is 0 Å². The normalized spacial score (nSPS) is 23.8. The molecule has 1 aliphatic heterocycles. The molecule has 2 rings (SSSR count). The largest absolute Gasteiger partial charge is 0.416 e. The molecular formula is C14H19F3N2O. The van der Waals surface area contributed by atoms with Crippen LogP contribution < -0.4 is 0 Å². The van der Waals surface area contributed by atoms with Gasteiger partial charge in [0.2, 0.25) is 0 Å². The third-order valence-electron chi connectivity index (χ3n) is 3.84. The summed E-state index contributed by atoms with van der Waals surface area (Å²) in [5.41, 5.74) is -0.173. The standard InChI is InChI=1S/C14H19F3N2O/c1-18-7-8-19(2)12(9-18)13(20)10-3-5-11(6-4-10)14(15,16)17/h3-6,12-13,20H,7-9H2,1-2H3. The number of aliphatic hydroxyl groups is 1. The van der Waals surface area contributed by atoms with Gasteiger partial charge in [0.15, 0.2) is 0 Å². The molecule has 0 amide bonds. The SMILES string of the molecule is CN1CCN(C)C(C(O)c2ccc(C(F)(F)F)cc2)C1. The van der Waals surface area contributed by atoms with E-state index in [1.54, 1.807) is 0 Å². The predicted molar refractivity (Wildman–Crippen MR) is 70.3 cm³/mol. The van der Waals surface area contributed by atoms with Crippen LogP contribution in [-0.4, -0.2) is 54.7 Å². The van der Waals surface area contributed by atoms with Gasteiger partial charge < -0.3 is 10.0 Å². The molecule has 2 atom stereocenters. The van der Waals surface area contributed by atoms with Crippen molar-refractivity contribution in [3.8, 4) is 0 Å². The van der Waals surface area contributed by atoms with Crippen molar-refractivity contribution >= 4 is 0 Å². The van der Waals surface area contributed by atoms with Crippen molar-refractivity contribution in [1.29, 1.82) is 0 Å². The molecule has 0 saturated carbocycles. The van der Waals surface area contributed by atoms with Gasteiger partial charge in [0, 0.05) is 19.6 Å². The Morgan fingerprint density at radius 1 is 1.15 bits per heavy atom. The molecular weight excluding hydrogens is 269 g/mol. The van der Waals surface area contributed by atoms with E-state index in [1.807, 2.05) is 19.0 Å². The number of hydrogen-bond acceptors (Lipinski definition) is 3. The number of nitrogens with zero attached hydrogens (tertiary/aromatic N) is 2. The summed E-state index contributed by atoms with van der Waals surface area (Å²) in [5.74, 6) is 0. The molecule has 2 unspecified atom stereocenters. The maximum Gasteiger partial charge on any atom is 0.416 e. The first-order valence-electron chi connectivity index (χ1n) is 6.53. The molecule has 6 heteroatoms. The van der Waals surface area contributed by atoms with E-state index >= 15 is 0 Å². The average Bonchev–Trinajstić information content (AvgIpc) is 2.40. The van der Waals surface area contributed by atoms with Gasteiger partial charge in [-0.25, -0.2) is 0 Å². The highest BCUT2D eigenvalue weighted by Gasteiger charge is 2.32. The first-order chi connectivity index (χ1) is 9.29. The topological polar surface area (TPSA) is 26.7 Å². The molecule has 112 valence electrons. The lowest BCUT2D eigenvalue weighted by atomic mass is 9.98. The van der Waals surface area contributed by atoms with E-state index in [0.29, 0.717) is 12.1 Å². The maximum atomic E-state index is 12.5. The molecule has 0 aromatic heterocycles. The molecule has 1 fully saturated rings. The molecule has 3 nitrogen and oxygen atoms in total. The Morgan fingerprint density at radius 3 is 2.30 bits per heavy atom. The van der Waals surface area contributed by atoms with E-state index in [-0.39, 0.29) is 6.04 Å². The number of benzene rings is 1. The van der Waals surface area contributed by atoms with E-state index in [0.717, 1.165) is 25.2 Å². The van der Waals surface area contributed by atoms with Gasteiger partial charge in [-0.15, -0.1) is 0 Å². The van der Waals surface area contributed by atoms with E-state index in [2.05, 4.69) is 4.90 Å². The maximum absolute atomic E-state index is 12.5. The summed E-state index contributed by atoms with van der Waals surface area (Å²) >= 11 is 0. The summed E-state index contributed by atoms with van der Waals surface area (Å²) in [7, 11) is 3.89. The quantitative estimate of drug-likeness (QED) is 0.901. The van der Waals surface area contributed by atoms with Crippen molar-refractivity contribution in [2.24, 2.45) is 0 Å². The van der Waals surface area contributed by atoms with Crippen molar-refractivity contribution in [2.45, 2.75) is 18.3 Å². The Hall–Kier alpha value is -1.11. The van der Waals surface area contributed by atoms with Crippen LogP contribution in [0.4, 0.5) is 13.2 Å². The van der Waals surface area contributed by atoms with Crippen LogP contribution in [-0.2, 0) is 6.18 Å². The molecule has 1 aromatic carbocycles. The highest BCUT2D eigenvalue weighted by molar-refractivity contribution is 5.27. The van der Waals surface area contributed by atoms with E-state index in [9.17, 15) is 18.3 Å². The van der Waals surface area contributed by atoms with Gasteiger partial charge in [-0.05, 0) is 31.8 Å². The number of rotatable bonds is 2. The smallest absolute Gasteiger partial charge is 0.387 e. The van der Waals surface area contributed by atoms with E-state index in [4.69, 9.17) is 0 Å². The summed E-state index contributed by atoms with van der Waals surface area (Å²) in [6.07, 6.45) is -5.13. The molecule has 0 aliphatic carbocycles. The molecule has 1 heterocycles. The second-order valence-electron chi connectivity index (χ2n) is 5.37. The summed E-state index contributed by atoms with van der Waals surface area (Å²) in [6, 6.07) is 4.65. The number of likely N-dealkylation sites (N-methyl/N-ethyl adjacent to an activating group) is 2. The second-order valence-corrected chi connectivity index (χ2v) is 5.37. The molecule has 1 saturated heterocycles. The van der Waals surface area contributed by atoms with Gasteiger partial charge in [-0.1, -0.05) is 12.1 Å². The lowest BCUT2D eigenvalue weighted by Gasteiger charge is -2.40. The van der Waals surface area contributed by atoms with Gasteiger partial charge in [0.1, 0.15) is 0 Å². The van der Waals surface area contributed by atoms with Crippen molar-refractivity contribution in [3.05, 3.63) is 35.4 Å². The van der Waals surface area contributed by atoms with Gasteiger partial charge in [-0.2, -0.15) is 13.2 Å². The Morgan fingerprint density at radius 2 is 1.75 bits per heavy atom. The Labute approximate surface area is 116 Å². The monoisotopic (exact) mass is 288 g/mol. The Kier molecular flexibility index (Phi) is 4.36. The summed E-state index contributed by atoms with van der Waals surface area (Å²) in [6.45, 7) is 2.45. The number of piperazine rings is 1. The second kappa shape index (κ2) is 5.71. The van der Waals surface area contributed by atoms with Crippen LogP contribution in [0.1, 0.15) is 17.2 Å². The fourth-order valence-corrected chi connectivity index (χ4v) is 2.48. The molecule has 1 aliphatic rings. The van der Waals surface area contributed by atoms with Gasteiger partial charge >= 0.3 is 6.18 Å². The highest BCUT2D eigenvalue weighted by atomic mass is 19.4. The zero-order valence-electron chi connectivity index (χ0n) is 11.6. The minimum Gasteiger partial charge on any atom is -0.387 e. The zero-order chi connectivity index (χ0) is 14.9. The van der Waals surface area contributed by atoms with Crippen LogP contribution in [0.15, 0.2) is 24.3 Å². The predicted octanol–water partition coefficient (Wildman–Crippen LogP) is 1.98. The third-order valence-corrected chi connectivity index (χ3v) is 3.84. The first-order valence-corrected chi connectivity index (χ1v) is 6.53. The Bertz CT molecular complexity index is 447. The fraction of sp³-hybridized carbons (Fsp3) is 0.571. The molecule has 0 radical (unpaired) electrons. The highest BCUT2D eigenvalue weighted by Crippen LogP contribution is 2.31. The number of alkyl halides is 3. The zero-order valence-corrected chi connectivity index (χ0v) is 11.6. The van der Waals surface area contributed by atoms with Crippen molar-refractivity contribution in [1.82, 2.24) is 9.80 Å². The number of hydrogen-bond donors (Lipinski definition) is 1. The molecule has 20 heavy (non-hydrogen) atoms. The van der Waals surface area contributed by atoms with Crippen molar-refractivity contribution in [2.75, 3.05) is 33.7 Å². The van der Waals surface area contributed by atoms with Crippen molar-refractivity contribution < 1.29 is 18.3 Å². The molecule has 0 spiro atoms. The van der Waals surface area contributed by atoms with Crippen LogP contribution in [0, 0.1) is 0 Å². The molecule has 0 bridgehead atoms. The lowest BCUT2D eigenvalue weighted by molar-refractivity contribution is -0.137. The van der Waals surface area contributed by atoms with Gasteiger partial charge in [0.25, 0.3) is 0 Å². The first kappa shape index (κ1) is 15.3. The Balaban J connectivity index is 2.14. The fourth-order valence-electron chi connectivity index (χ4n) is 2.48. The van der Waals surface area contributed by atoms with Crippen LogP contribution >= 0.6 is 0 Å². The number of halogens is 3. The van der Waals surface area contributed by atoms with Gasteiger partial charge in [0.05, 0.1) is 17.7 Å². The summed E-state index contributed by atoms with van der Waals surface area (Å²) in [5, 5.41) is 10.4. The molecule has 1 N–H and O–H groups in total. The summed E-state index contributed by atoms with van der Waals surface area (Å²) < 4.78 is 37.5. The average molecular weight is 288 g/mol. The minimum absolute atomic E-state index is 0.106. The van der Waals surface area contributed by atoms with E-state index in [1.165, 1.54) is 12.1 Å². The molecule has 1 aromatic rings. The lowest BCUT2D eigenvalue weighted by Crippen LogP contribution is -2.52. The van der Waals surface area contributed by atoms with Crippen molar-refractivity contribution in [3.63, 3.8) is 0 Å². The minimum atomic E-state index is -4.34. The van der Waals surface area contributed by atoms with Crippen LogP contribution in [0.25, 0.3) is 0 Å². The summed E-state index contributed by atoms with van der Waals surface area (Å²) in [4.78, 5) is 4.15. The third kappa shape index (κ3) is 3.31. The van der Waals surface area contributed by atoms with Crippen LogP contribution in [0.5, 0.6) is 0 Å².